The van der Waals surface area contributed by atoms with E-state index >= 15 is 0 Å². The zero-order valence-corrected chi connectivity index (χ0v) is 11.3. The molecule has 1 aromatic heterocycles. The lowest BCUT2D eigenvalue weighted by Gasteiger charge is -1.98. The quantitative estimate of drug-likeness (QED) is 0.861. The highest BCUT2D eigenvalue weighted by atomic mass is 32.2. The smallest absolute Gasteiger partial charge is 0.242 e. The molecule has 0 aliphatic heterocycles. The van der Waals surface area contributed by atoms with Crippen LogP contribution in [0.15, 0.2) is 28.8 Å². The summed E-state index contributed by atoms with van der Waals surface area (Å²) in [4.78, 5) is 3.96. The van der Waals surface area contributed by atoms with Crippen molar-refractivity contribution in [2.45, 2.75) is 12.2 Å². The maximum absolute atomic E-state index is 12.8. The van der Waals surface area contributed by atoms with E-state index in [2.05, 4.69) is 10.1 Å². The molecule has 20 heavy (non-hydrogen) atoms. The van der Waals surface area contributed by atoms with Gasteiger partial charge in [-0.2, -0.15) is 4.98 Å². The number of halogens is 1. The van der Waals surface area contributed by atoms with Gasteiger partial charge in [-0.25, -0.2) is 12.8 Å². The molecule has 6 nitrogen and oxygen atoms in total. The highest BCUT2D eigenvalue weighted by Crippen LogP contribution is 2.17. The van der Waals surface area contributed by atoms with Crippen molar-refractivity contribution in [3.8, 4) is 11.4 Å². The molecule has 0 aliphatic carbocycles. The van der Waals surface area contributed by atoms with Crippen LogP contribution in [-0.2, 0) is 15.6 Å². The van der Waals surface area contributed by atoms with Gasteiger partial charge in [-0.15, -0.1) is 0 Å². The van der Waals surface area contributed by atoms with Crippen LogP contribution >= 0.6 is 0 Å². The van der Waals surface area contributed by atoms with Gasteiger partial charge in [-0.1, -0.05) is 5.16 Å². The van der Waals surface area contributed by atoms with Gasteiger partial charge < -0.3 is 9.63 Å². The summed E-state index contributed by atoms with van der Waals surface area (Å²) in [6.45, 7) is -0.191. The maximum Gasteiger partial charge on any atom is 0.242 e. The first-order chi connectivity index (χ1) is 9.50. The molecule has 0 fully saturated rings. The molecule has 1 aromatic carbocycles. The van der Waals surface area contributed by atoms with E-state index in [4.69, 9.17) is 9.63 Å². The minimum Gasteiger partial charge on any atom is -0.396 e. The molecular formula is C12H13FN2O4S. The SMILES string of the molecule is O=S(=O)(CCCO)Cc1nc(-c2ccc(F)cc2)no1. The Morgan fingerprint density at radius 3 is 2.60 bits per heavy atom. The highest BCUT2D eigenvalue weighted by molar-refractivity contribution is 7.90. The summed E-state index contributed by atoms with van der Waals surface area (Å²) >= 11 is 0. The molecule has 2 aromatic rings. The van der Waals surface area contributed by atoms with Crippen LogP contribution < -0.4 is 0 Å². The van der Waals surface area contributed by atoms with Crippen LogP contribution in [0.3, 0.4) is 0 Å². The highest BCUT2D eigenvalue weighted by Gasteiger charge is 2.17. The number of benzene rings is 1. The molecule has 0 saturated carbocycles. The molecule has 2 rings (SSSR count). The molecule has 0 spiro atoms. The second-order valence-corrected chi connectivity index (χ2v) is 6.37. The fourth-order valence-electron chi connectivity index (χ4n) is 1.57. The third-order valence-electron chi connectivity index (χ3n) is 2.53. The number of aliphatic hydroxyl groups is 1. The molecule has 0 aliphatic rings. The molecule has 0 unspecified atom stereocenters. The van der Waals surface area contributed by atoms with Crippen molar-refractivity contribution in [1.29, 1.82) is 0 Å². The third-order valence-corrected chi connectivity index (χ3v) is 4.12. The number of nitrogens with zero attached hydrogens (tertiary/aromatic N) is 2. The fraction of sp³-hybridized carbons (Fsp3) is 0.333. The number of hydrogen-bond acceptors (Lipinski definition) is 6. The summed E-state index contributed by atoms with van der Waals surface area (Å²) in [5, 5.41) is 12.3. The summed E-state index contributed by atoms with van der Waals surface area (Å²) < 4.78 is 41.0. The summed E-state index contributed by atoms with van der Waals surface area (Å²) in [7, 11) is -3.39. The topological polar surface area (TPSA) is 93.3 Å². The van der Waals surface area contributed by atoms with Crippen LogP contribution in [-0.4, -0.2) is 36.0 Å². The molecule has 0 amide bonds. The van der Waals surface area contributed by atoms with Crippen LogP contribution in [0.25, 0.3) is 11.4 Å². The summed E-state index contributed by atoms with van der Waals surface area (Å²) in [6.07, 6.45) is 0.168. The lowest BCUT2D eigenvalue weighted by atomic mass is 10.2. The van der Waals surface area contributed by atoms with Gasteiger partial charge in [0.25, 0.3) is 0 Å². The van der Waals surface area contributed by atoms with Crippen molar-refractivity contribution in [2.75, 3.05) is 12.4 Å². The van der Waals surface area contributed by atoms with Gasteiger partial charge in [0.15, 0.2) is 9.84 Å². The predicted molar refractivity (Wildman–Crippen MR) is 68.9 cm³/mol. The second-order valence-electron chi connectivity index (χ2n) is 4.19. The molecular weight excluding hydrogens is 287 g/mol. The van der Waals surface area contributed by atoms with Crippen molar-refractivity contribution in [3.05, 3.63) is 36.0 Å². The van der Waals surface area contributed by atoms with Gasteiger partial charge in [-0.05, 0) is 30.7 Å². The first kappa shape index (κ1) is 14.6. The van der Waals surface area contributed by atoms with E-state index < -0.39 is 9.84 Å². The van der Waals surface area contributed by atoms with Gasteiger partial charge in [0.1, 0.15) is 11.6 Å². The molecule has 0 atom stereocenters. The summed E-state index contributed by atoms with van der Waals surface area (Å²) in [5.74, 6) is -0.720. The largest absolute Gasteiger partial charge is 0.396 e. The van der Waals surface area contributed by atoms with Gasteiger partial charge in [0, 0.05) is 12.2 Å². The molecule has 108 valence electrons. The first-order valence-electron chi connectivity index (χ1n) is 5.90. The Hall–Kier alpha value is -1.80. The Balaban J connectivity index is 2.11. The first-order valence-corrected chi connectivity index (χ1v) is 7.72. The Morgan fingerprint density at radius 2 is 1.95 bits per heavy atom. The van der Waals surface area contributed by atoms with Crippen molar-refractivity contribution < 1.29 is 22.4 Å². The lowest BCUT2D eigenvalue weighted by molar-refractivity contribution is 0.295. The Labute approximate surface area is 115 Å². The van der Waals surface area contributed by atoms with Crippen molar-refractivity contribution in [2.24, 2.45) is 0 Å². The van der Waals surface area contributed by atoms with E-state index in [0.29, 0.717) is 5.56 Å². The third kappa shape index (κ3) is 3.84. The minimum atomic E-state index is -3.39. The van der Waals surface area contributed by atoms with Gasteiger partial charge in [-0.3, -0.25) is 0 Å². The molecule has 1 heterocycles. The molecule has 8 heteroatoms. The van der Waals surface area contributed by atoms with Crippen LogP contribution in [0.1, 0.15) is 12.3 Å². The number of hydrogen-bond donors (Lipinski definition) is 1. The van der Waals surface area contributed by atoms with Crippen molar-refractivity contribution >= 4 is 9.84 Å². The Morgan fingerprint density at radius 1 is 1.25 bits per heavy atom. The van der Waals surface area contributed by atoms with Crippen LogP contribution in [0.5, 0.6) is 0 Å². The van der Waals surface area contributed by atoms with E-state index in [0.717, 1.165) is 0 Å². The monoisotopic (exact) mass is 300 g/mol. The molecule has 0 radical (unpaired) electrons. The van der Waals surface area contributed by atoms with Crippen LogP contribution in [0, 0.1) is 5.82 Å². The Kier molecular flexibility index (Phi) is 4.46. The summed E-state index contributed by atoms with van der Waals surface area (Å²) in [5.41, 5.74) is 0.536. The van der Waals surface area contributed by atoms with E-state index in [-0.39, 0.29) is 42.1 Å². The van der Waals surface area contributed by atoms with Crippen molar-refractivity contribution in [1.82, 2.24) is 10.1 Å². The maximum atomic E-state index is 12.8. The molecule has 1 N–H and O–H groups in total. The van der Waals surface area contributed by atoms with Gasteiger partial charge in [0.05, 0.1) is 5.75 Å². The normalized spacial score (nSPS) is 11.7. The van der Waals surface area contributed by atoms with E-state index in [1.54, 1.807) is 0 Å². The zero-order valence-electron chi connectivity index (χ0n) is 10.5. The minimum absolute atomic E-state index is 0.0257. The predicted octanol–water partition coefficient (Wildman–Crippen LogP) is 1.17. The summed E-state index contributed by atoms with van der Waals surface area (Å²) in [6, 6.07) is 5.46. The van der Waals surface area contributed by atoms with E-state index in [9.17, 15) is 12.8 Å². The van der Waals surface area contributed by atoms with E-state index in [1.807, 2.05) is 0 Å². The van der Waals surface area contributed by atoms with Gasteiger partial charge >= 0.3 is 0 Å². The number of aliphatic hydroxyl groups excluding tert-OH is 1. The van der Waals surface area contributed by atoms with Gasteiger partial charge in [0.2, 0.25) is 11.7 Å². The van der Waals surface area contributed by atoms with E-state index in [1.165, 1.54) is 24.3 Å². The number of aromatic nitrogens is 2. The number of sulfone groups is 1. The van der Waals surface area contributed by atoms with Crippen LogP contribution in [0.2, 0.25) is 0 Å². The zero-order chi connectivity index (χ0) is 14.6. The number of rotatable bonds is 6. The molecule has 0 bridgehead atoms. The van der Waals surface area contributed by atoms with Crippen LogP contribution in [0.4, 0.5) is 4.39 Å². The Bertz CT molecular complexity index is 667. The standard InChI is InChI=1S/C12H13FN2O4S/c13-10-4-2-9(3-5-10)12-14-11(19-15-12)8-20(17,18)7-1-6-16/h2-5,16H,1,6-8H2. The lowest BCUT2D eigenvalue weighted by Crippen LogP contribution is -2.10. The molecule has 0 saturated heterocycles. The average Bonchev–Trinajstić information content (AvgIpc) is 2.85. The average molecular weight is 300 g/mol. The second kappa shape index (κ2) is 6.10. The van der Waals surface area contributed by atoms with Crippen molar-refractivity contribution in [3.63, 3.8) is 0 Å². The fourth-order valence-corrected chi connectivity index (χ4v) is 2.78.